The Kier molecular flexibility index (Phi) is 16.2. The maximum absolute atomic E-state index is 5.71. The third-order valence-corrected chi connectivity index (χ3v) is 4.35. The van der Waals surface area contributed by atoms with Crippen molar-refractivity contribution < 1.29 is 4.74 Å². The van der Waals surface area contributed by atoms with Crippen LogP contribution in [0.25, 0.3) is 0 Å². The number of rotatable bonds is 16. The summed E-state index contributed by atoms with van der Waals surface area (Å²) in [5.41, 5.74) is 0. The Morgan fingerprint density at radius 1 is 0.714 bits per heavy atom. The van der Waals surface area contributed by atoms with Gasteiger partial charge in [0.15, 0.2) is 0 Å². The maximum atomic E-state index is 5.71. The summed E-state index contributed by atoms with van der Waals surface area (Å²) in [7, 11) is 1.87. The first-order chi connectivity index (χ1) is 10.3. The summed E-state index contributed by atoms with van der Waals surface area (Å²) in [5, 5.41) is 3.70. The molecular weight excluding hydrogens is 258 g/mol. The maximum Gasteiger partial charge on any atom is 0.0724 e. The first-order valence-corrected chi connectivity index (χ1v) is 9.56. The van der Waals surface area contributed by atoms with Gasteiger partial charge in [-0.1, -0.05) is 78.6 Å². The second-order valence-electron chi connectivity index (χ2n) is 6.39. The van der Waals surface area contributed by atoms with Gasteiger partial charge < -0.3 is 10.1 Å². The molecular formula is C19H41NO. The molecule has 0 amide bonds. The molecule has 0 aromatic heterocycles. The van der Waals surface area contributed by atoms with Crippen LogP contribution >= 0.6 is 0 Å². The van der Waals surface area contributed by atoms with E-state index in [9.17, 15) is 0 Å². The van der Waals surface area contributed by atoms with Gasteiger partial charge in [-0.2, -0.15) is 0 Å². The highest BCUT2D eigenvalue weighted by Gasteiger charge is 2.19. The molecule has 0 radical (unpaired) electrons. The molecule has 128 valence electrons. The average molecular weight is 300 g/mol. The molecule has 0 aliphatic carbocycles. The zero-order valence-electron chi connectivity index (χ0n) is 15.3. The molecule has 1 N–H and O–H groups in total. The van der Waals surface area contributed by atoms with Crippen LogP contribution in [0.3, 0.4) is 0 Å². The molecule has 0 aromatic carbocycles. The smallest absolute Gasteiger partial charge is 0.0724 e. The number of methoxy groups -OCH3 is 1. The highest BCUT2D eigenvalue weighted by Crippen LogP contribution is 2.15. The quantitative estimate of drug-likeness (QED) is 0.369. The topological polar surface area (TPSA) is 21.3 Å². The number of ether oxygens (including phenoxy) is 1. The molecule has 0 aromatic rings. The summed E-state index contributed by atoms with van der Waals surface area (Å²) in [4.78, 5) is 0. The van der Waals surface area contributed by atoms with E-state index in [2.05, 4.69) is 26.1 Å². The van der Waals surface area contributed by atoms with E-state index in [0.29, 0.717) is 12.1 Å². The van der Waals surface area contributed by atoms with Gasteiger partial charge in [0.1, 0.15) is 0 Å². The van der Waals surface area contributed by atoms with Crippen LogP contribution in [0.4, 0.5) is 0 Å². The average Bonchev–Trinajstić information content (AvgIpc) is 2.51. The van der Waals surface area contributed by atoms with Gasteiger partial charge in [-0.15, -0.1) is 0 Å². The molecule has 0 saturated carbocycles. The monoisotopic (exact) mass is 299 g/mol. The fourth-order valence-electron chi connectivity index (χ4n) is 3.02. The molecule has 2 heteroatoms. The highest BCUT2D eigenvalue weighted by atomic mass is 16.5. The van der Waals surface area contributed by atoms with Crippen LogP contribution in [0.2, 0.25) is 0 Å². The van der Waals surface area contributed by atoms with Crippen molar-refractivity contribution in [2.45, 2.75) is 110 Å². The Balaban J connectivity index is 3.79. The van der Waals surface area contributed by atoms with Crippen molar-refractivity contribution in [2.75, 3.05) is 13.7 Å². The summed E-state index contributed by atoms with van der Waals surface area (Å²) in [6.45, 7) is 7.89. The van der Waals surface area contributed by atoms with Gasteiger partial charge in [0, 0.05) is 13.2 Å². The first kappa shape index (κ1) is 20.9. The Bertz CT molecular complexity index is 196. The predicted octanol–water partition coefficient (Wildman–Crippen LogP) is 5.70. The Morgan fingerprint density at radius 2 is 1.33 bits per heavy atom. The molecule has 2 atom stereocenters. The van der Waals surface area contributed by atoms with Crippen LogP contribution in [0.5, 0.6) is 0 Å². The van der Waals surface area contributed by atoms with E-state index in [1.54, 1.807) is 0 Å². The Hall–Kier alpha value is -0.0800. The Labute approximate surface area is 134 Å². The van der Waals surface area contributed by atoms with E-state index >= 15 is 0 Å². The van der Waals surface area contributed by atoms with E-state index in [0.717, 1.165) is 6.54 Å². The molecule has 0 saturated heterocycles. The summed E-state index contributed by atoms with van der Waals surface area (Å²) >= 11 is 0. The zero-order valence-corrected chi connectivity index (χ0v) is 15.3. The van der Waals surface area contributed by atoms with Crippen LogP contribution in [0, 0.1) is 0 Å². The van der Waals surface area contributed by atoms with Crippen molar-refractivity contribution in [2.24, 2.45) is 0 Å². The Morgan fingerprint density at radius 3 is 1.86 bits per heavy atom. The van der Waals surface area contributed by atoms with Crippen LogP contribution in [-0.4, -0.2) is 25.8 Å². The number of unbranched alkanes of at least 4 members (excludes halogenated alkanes) is 7. The highest BCUT2D eigenvalue weighted by molar-refractivity contribution is 4.76. The van der Waals surface area contributed by atoms with Gasteiger partial charge in [-0.25, -0.2) is 0 Å². The molecule has 0 fully saturated rings. The van der Waals surface area contributed by atoms with Crippen molar-refractivity contribution in [3.8, 4) is 0 Å². The summed E-state index contributed by atoms with van der Waals surface area (Å²) in [5.74, 6) is 0. The summed E-state index contributed by atoms with van der Waals surface area (Å²) in [6.07, 6.45) is 16.4. The van der Waals surface area contributed by atoms with E-state index in [-0.39, 0.29) is 0 Å². The second-order valence-corrected chi connectivity index (χ2v) is 6.39. The van der Waals surface area contributed by atoms with E-state index < -0.39 is 0 Å². The van der Waals surface area contributed by atoms with Crippen molar-refractivity contribution >= 4 is 0 Å². The number of hydrogen-bond donors (Lipinski definition) is 1. The summed E-state index contributed by atoms with van der Waals surface area (Å²) in [6, 6.07) is 0.551. The van der Waals surface area contributed by atoms with E-state index in [1.165, 1.54) is 77.0 Å². The van der Waals surface area contributed by atoms with Crippen molar-refractivity contribution in [1.82, 2.24) is 5.32 Å². The molecule has 0 bridgehead atoms. The molecule has 0 aliphatic heterocycles. The minimum atomic E-state index is 0.395. The SMILES string of the molecule is CCCCCCCCCCC(NCCC)C(CCC)OC. The lowest BCUT2D eigenvalue weighted by Crippen LogP contribution is -2.41. The fraction of sp³-hybridized carbons (Fsp3) is 1.00. The van der Waals surface area contributed by atoms with Gasteiger partial charge in [-0.05, 0) is 25.8 Å². The van der Waals surface area contributed by atoms with Gasteiger partial charge in [0.05, 0.1) is 6.10 Å². The normalized spacial score (nSPS) is 14.3. The zero-order chi connectivity index (χ0) is 15.8. The minimum absolute atomic E-state index is 0.395. The van der Waals surface area contributed by atoms with Crippen LogP contribution in [0.15, 0.2) is 0 Å². The lowest BCUT2D eigenvalue weighted by molar-refractivity contribution is 0.0572. The summed E-state index contributed by atoms with van der Waals surface area (Å²) < 4.78 is 5.71. The predicted molar refractivity (Wildman–Crippen MR) is 95.0 cm³/mol. The first-order valence-electron chi connectivity index (χ1n) is 9.56. The number of nitrogens with one attached hydrogen (secondary N) is 1. The van der Waals surface area contributed by atoms with Crippen LogP contribution in [-0.2, 0) is 4.74 Å². The third kappa shape index (κ3) is 12.2. The molecule has 0 heterocycles. The second kappa shape index (κ2) is 16.3. The van der Waals surface area contributed by atoms with Gasteiger partial charge in [-0.3, -0.25) is 0 Å². The molecule has 0 aliphatic rings. The third-order valence-electron chi connectivity index (χ3n) is 4.35. The fourth-order valence-corrected chi connectivity index (χ4v) is 3.02. The molecule has 0 spiro atoms. The van der Waals surface area contributed by atoms with Gasteiger partial charge >= 0.3 is 0 Å². The molecule has 21 heavy (non-hydrogen) atoms. The molecule has 0 rings (SSSR count). The van der Waals surface area contributed by atoms with Gasteiger partial charge in [0.25, 0.3) is 0 Å². The van der Waals surface area contributed by atoms with Gasteiger partial charge in [0.2, 0.25) is 0 Å². The van der Waals surface area contributed by atoms with Crippen molar-refractivity contribution in [3.63, 3.8) is 0 Å². The minimum Gasteiger partial charge on any atom is -0.380 e. The van der Waals surface area contributed by atoms with Crippen molar-refractivity contribution in [1.29, 1.82) is 0 Å². The van der Waals surface area contributed by atoms with Crippen LogP contribution in [0.1, 0.15) is 97.8 Å². The largest absolute Gasteiger partial charge is 0.380 e. The number of hydrogen-bond acceptors (Lipinski definition) is 2. The van der Waals surface area contributed by atoms with Crippen LogP contribution < -0.4 is 5.32 Å². The molecule has 2 unspecified atom stereocenters. The lowest BCUT2D eigenvalue weighted by Gasteiger charge is -2.27. The van der Waals surface area contributed by atoms with E-state index in [1.807, 2.05) is 7.11 Å². The standard InChI is InChI=1S/C19H41NO/c1-5-8-9-10-11-12-13-14-16-18(20-17-7-3)19(21-4)15-6-2/h18-20H,5-17H2,1-4H3. The van der Waals surface area contributed by atoms with Crippen molar-refractivity contribution in [3.05, 3.63) is 0 Å². The molecule has 2 nitrogen and oxygen atoms in total. The lowest BCUT2D eigenvalue weighted by atomic mass is 9.98. The van der Waals surface area contributed by atoms with E-state index in [4.69, 9.17) is 4.74 Å².